The van der Waals surface area contributed by atoms with Crippen molar-refractivity contribution in [1.29, 1.82) is 0 Å². The van der Waals surface area contributed by atoms with Crippen LogP contribution in [0.25, 0.3) is 10.7 Å². The summed E-state index contributed by atoms with van der Waals surface area (Å²) in [4.78, 5) is 30.8. The lowest BCUT2D eigenvalue weighted by Gasteiger charge is -2.31. The first-order valence-electron chi connectivity index (χ1n) is 12.4. The number of rotatable bonds is 10. The Morgan fingerprint density at radius 1 is 0.875 bits per heavy atom. The molecule has 0 saturated heterocycles. The molecular formula is C29H24F2N6O2S. The van der Waals surface area contributed by atoms with Gasteiger partial charge in [-0.1, -0.05) is 60.7 Å². The molecule has 2 aromatic heterocycles. The van der Waals surface area contributed by atoms with E-state index in [1.54, 1.807) is 12.1 Å². The Morgan fingerprint density at radius 3 is 2.25 bits per heavy atom. The number of carbonyl (C=O) groups excluding carboxylic acids is 2. The molecule has 0 aliphatic carbocycles. The normalized spacial score (nSPS) is 11.7. The van der Waals surface area contributed by atoms with Gasteiger partial charge >= 0.3 is 0 Å². The van der Waals surface area contributed by atoms with Gasteiger partial charge in [-0.15, -0.1) is 21.5 Å². The van der Waals surface area contributed by atoms with Crippen molar-refractivity contribution in [3.05, 3.63) is 125 Å². The second-order valence-corrected chi connectivity index (χ2v) is 9.87. The Balaban J connectivity index is 1.47. The largest absolute Gasteiger partial charge is 0.350 e. The van der Waals surface area contributed by atoms with Crippen molar-refractivity contribution in [1.82, 2.24) is 30.4 Å². The van der Waals surface area contributed by atoms with E-state index in [9.17, 15) is 18.4 Å². The topological polar surface area (TPSA) is 93.0 Å². The summed E-state index contributed by atoms with van der Waals surface area (Å²) in [6, 6.07) is 23.0. The third-order valence-corrected chi connectivity index (χ3v) is 6.98. The van der Waals surface area contributed by atoms with Gasteiger partial charge in [0.1, 0.15) is 24.2 Å². The van der Waals surface area contributed by atoms with E-state index >= 15 is 0 Å². The minimum atomic E-state index is -1.12. The van der Waals surface area contributed by atoms with E-state index in [1.807, 2.05) is 47.8 Å². The SMILES string of the molecule is O=C(NCc1ccccc1)[C@@H](c1ccc(F)cc1)N(Cc1ccc(F)cc1)C(=O)Cn1nnc(-c2cccs2)n1. The van der Waals surface area contributed by atoms with Crippen LogP contribution in [0, 0.1) is 11.6 Å². The molecule has 1 atom stereocenters. The quantitative estimate of drug-likeness (QED) is 0.267. The van der Waals surface area contributed by atoms with Gasteiger partial charge < -0.3 is 10.2 Å². The maximum absolute atomic E-state index is 13.8. The van der Waals surface area contributed by atoms with E-state index in [0.717, 1.165) is 10.4 Å². The summed E-state index contributed by atoms with van der Waals surface area (Å²) in [7, 11) is 0. The third kappa shape index (κ3) is 6.62. The standard InChI is InChI=1S/C29H24F2N6O2S/c30-23-12-8-21(9-13-23)18-36(26(38)19-37-34-28(33-35-37)25-7-4-16-40-25)27(22-10-14-24(31)15-11-22)29(39)32-17-20-5-2-1-3-6-20/h1-16,27H,17-19H2,(H,32,39)/t27-/m1/s1. The average molecular weight is 559 g/mol. The molecule has 202 valence electrons. The molecule has 11 heteroatoms. The zero-order chi connectivity index (χ0) is 27.9. The van der Waals surface area contributed by atoms with Crippen LogP contribution in [0.1, 0.15) is 22.7 Å². The molecule has 40 heavy (non-hydrogen) atoms. The Kier molecular flexibility index (Phi) is 8.31. The summed E-state index contributed by atoms with van der Waals surface area (Å²) >= 11 is 1.44. The van der Waals surface area contributed by atoms with Crippen LogP contribution in [0.4, 0.5) is 8.78 Å². The highest BCUT2D eigenvalue weighted by Crippen LogP contribution is 2.26. The summed E-state index contributed by atoms with van der Waals surface area (Å²) in [6.45, 7) is -0.0969. The highest BCUT2D eigenvalue weighted by molar-refractivity contribution is 7.13. The molecule has 0 fully saturated rings. The number of nitrogens with zero attached hydrogens (tertiary/aromatic N) is 5. The van der Waals surface area contributed by atoms with Gasteiger partial charge in [0, 0.05) is 13.1 Å². The number of benzene rings is 3. The molecule has 3 aromatic carbocycles. The van der Waals surface area contributed by atoms with Gasteiger partial charge in [0.25, 0.3) is 0 Å². The average Bonchev–Trinajstić information content (AvgIpc) is 3.67. The Hall–Kier alpha value is -4.77. The van der Waals surface area contributed by atoms with Gasteiger partial charge in [0.05, 0.1) is 4.88 Å². The number of amides is 2. The maximum Gasteiger partial charge on any atom is 0.247 e. The number of tetrazole rings is 1. The van der Waals surface area contributed by atoms with Crippen LogP contribution in [-0.2, 0) is 29.2 Å². The van der Waals surface area contributed by atoms with Crippen LogP contribution in [-0.4, -0.2) is 36.9 Å². The Morgan fingerprint density at radius 2 is 1.57 bits per heavy atom. The maximum atomic E-state index is 13.8. The third-order valence-electron chi connectivity index (χ3n) is 6.11. The molecule has 0 saturated carbocycles. The van der Waals surface area contributed by atoms with Crippen molar-refractivity contribution in [2.45, 2.75) is 25.7 Å². The molecule has 0 aliphatic rings. The van der Waals surface area contributed by atoms with Gasteiger partial charge in [0.2, 0.25) is 17.6 Å². The van der Waals surface area contributed by atoms with Crippen molar-refractivity contribution in [2.24, 2.45) is 0 Å². The number of thiophene rings is 1. The zero-order valence-corrected chi connectivity index (χ0v) is 22.0. The van der Waals surface area contributed by atoms with Crippen LogP contribution >= 0.6 is 11.3 Å². The second kappa shape index (κ2) is 12.4. The summed E-state index contributed by atoms with van der Waals surface area (Å²) in [5.74, 6) is -1.47. The number of hydrogen-bond acceptors (Lipinski definition) is 6. The number of nitrogens with one attached hydrogen (secondary N) is 1. The Bertz CT molecular complexity index is 1560. The number of halogens is 2. The van der Waals surface area contributed by atoms with E-state index in [2.05, 4.69) is 20.7 Å². The summed E-state index contributed by atoms with van der Waals surface area (Å²) in [6.07, 6.45) is 0. The van der Waals surface area contributed by atoms with E-state index in [0.29, 0.717) is 17.0 Å². The van der Waals surface area contributed by atoms with Crippen LogP contribution in [0.15, 0.2) is 96.4 Å². The van der Waals surface area contributed by atoms with E-state index in [-0.39, 0.29) is 19.6 Å². The number of hydrogen-bond donors (Lipinski definition) is 1. The minimum Gasteiger partial charge on any atom is -0.350 e. The highest BCUT2D eigenvalue weighted by atomic mass is 32.1. The van der Waals surface area contributed by atoms with Gasteiger partial charge in [-0.25, -0.2) is 8.78 Å². The van der Waals surface area contributed by atoms with Crippen LogP contribution in [0.2, 0.25) is 0 Å². The lowest BCUT2D eigenvalue weighted by molar-refractivity contribution is -0.142. The van der Waals surface area contributed by atoms with Crippen molar-refractivity contribution >= 4 is 23.2 Å². The molecule has 5 aromatic rings. The van der Waals surface area contributed by atoms with Crippen molar-refractivity contribution in [3.63, 3.8) is 0 Å². The smallest absolute Gasteiger partial charge is 0.247 e. The Labute approximate surface area is 232 Å². The summed E-state index contributed by atoms with van der Waals surface area (Å²) in [5, 5.41) is 17.1. The number of aromatic nitrogens is 4. The molecule has 2 heterocycles. The minimum absolute atomic E-state index is 0.0214. The molecule has 0 unspecified atom stereocenters. The zero-order valence-electron chi connectivity index (χ0n) is 21.2. The van der Waals surface area contributed by atoms with Gasteiger partial charge in [0.15, 0.2) is 0 Å². The fourth-order valence-electron chi connectivity index (χ4n) is 4.14. The van der Waals surface area contributed by atoms with Crippen molar-refractivity contribution < 1.29 is 18.4 Å². The van der Waals surface area contributed by atoms with Crippen LogP contribution < -0.4 is 5.32 Å². The van der Waals surface area contributed by atoms with Crippen LogP contribution in [0.3, 0.4) is 0 Å². The van der Waals surface area contributed by atoms with Gasteiger partial charge in [-0.3, -0.25) is 9.59 Å². The van der Waals surface area contributed by atoms with Gasteiger partial charge in [-0.2, -0.15) is 4.80 Å². The second-order valence-electron chi connectivity index (χ2n) is 8.93. The van der Waals surface area contributed by atoms with Crippen LogP contribution in [0.5, 0.6) is 0 Å². The fourth-order valence-corrected chi connectivity index (χ4v) is 4.78. The lowest BCUT2D eigenvalue weighted by atomic mass is 10.0. The van der Waals surface area contributed by atoms with E-state index in [4.69, 9.17) is 0 Å². The molecule has 0 aliphatic heterocycles. The van der Waals surface area contributed by atoms with Crippen molar-refractivity contribution in [3.8, 4) is 10.7 Å². The predicted octanol–water partition coefficient (Wildman–Crippen LogP) is 4.77. The monoisotopic (exact) mass is 558 g/mol. The molecule has 2 amide bonds. The lowest BCUT2D eigenvalue weighted by Crippen LogP contribution is -2.44. The molecule has 1 N–H and O–H groups in total. The summed E-state index contributed by atoms with van der Waals surface area (Å²) < 4.78 is 27.5. The molecule has 0 bridgehead atoms. The predicted molar refractivity (Wildman–Crippen MR) is 146 cm³/mol. The first-order chi connectivity index (χ1) is 19.5. The molecule has 0 spiro atoms. The van der Waals surface area contributed by atoms with E-state index in [1.165, 1.54) is 57.4 Å². The van der Waals surface area contributed by atoms with Gasteiger partial charge in [-0.05, 0) is 57.6 Å². The van der Waals surface area contributed by atoms with Crippen molar-refractivity contribution in [2.75, 3.05) is 0 Å². The molecule has 5 rings (SSSR count). The molecule has 8 nitrogen and oxygen atoms in total. The molecule has 0 radical (unpaired) electrons. The molecular weight excluding hydrogens is 534 g/mol. The first kappa shape index (κ1) is 26.8. The first-order valence-corrected chi connectivity index (χ1v) is 13.3. The number of carbonyl (C=O) groups is 2. The fraction of sp³-hybridized carbons (Fsp3) is 0.138. The summed E-state index contributed by atoms with van der Waals surface area (Å²) in [5.41, 5.74) is 1.88. The highest BCUT2D eigenvalue weighted by Gasteiger charge is 2.32. The van der Waals surface area contributed by atoms with E-state index < -0.39 is 29.5 Å².